The zero-order valence-corrected chi connectivity index (χ0v) is 15.3. The first-order valence-electron chi connectivity index (χ1n) is 9.32. The second-order valence-corrected chi connectivity index (χ2v) is 6.89. The van der Waals surface area contributed by atoms with Gasteiger partial charge < -0.3 is 14.5 Å². The van der Waals surface area contributed by atoms with Crippen molar-refractivity contribution in [3.8, 4) is 0 Å². The number of anilines is 2. The maximum atomic E-state index is 5.44. The van der Waals surface area contributed by atoms with Gasteiger partial charge in [-0.2, -0.15) is 4.98 Å². The van der Waals surface area contributed by atoms with Gasteiger partial charge in [0.15, 0.2) is 0 Å². The van der Waals surface area contributed by atoms with Crippen molar-refractivity contribution in [2.45, 2.75) is 13.5 Å². The Bertz CT molecular complexity index is 711. The van der Waals surface area contributed by atoms with E-state index in [1.54, 1.807) is 0 Å². The van der Waals surface area contributed by atoms with Crippen molar-refractivity contribution in [2.75, 3.05) is 62.3 Å². The van der Waals surface area contributed by atoms with Crippen LogP contribution < -0.4 is 9.80 Å². The summed E-state index contributed by atoms with van der Waals surface area (Å²) in [6.07, 6.45) is 3.78. The zero-order chi connectivity index (χ0) is 17.8. The lowest BCUT2D eigenvalue weighted by Crippen LogP contribution is -2.46. The molecule has 138 valence electrons. The van der Waals surface area contributed by atoms with Crippen LogP contribution in [0.1, 0.15) is 11.3 Å². The highest BCUT2D eigenvalue weighted by Crippen LogP contribution is 2.20. The highest BCUT2D eigenvalue weighted by Gasteiger charge is 2.21. The molecule has 2 fully saturated rings. The number of morpholine rings is 1. The Morgan fingerprint density at radius 3 is 2.54 bits per heavy atom. The predicted octanol–water partition coefficient (Wildman–Crippen LogP) is 1.34. The van der Waals surface area contributed by atoms with E-state index in [9.17, 15) is 0 Å². The van der Waals surface area contributed by atoms with Gasteiger partial charge in [0.25, 0.3) is 0 Å². The van der Waals surface area contributed by atoms with Gasteiger partial charge in [-0.05, 0) is 18.6 Å². The van der Waals surface area contributed by atoms with Gasteiger partial charge in [-0.1, -0.05) is 6.07 Å². The van der Waals surface area contributed by atoms with E-state index in [0.29, 0.717) is 0 Å². The average Bonchev–Trinajstić information content (AvgIpc) is 2.70. The van der Waals surface area contributed by atoms with Gasteiger partial charge in [0.05, 0.1) is 13.2 Å². The normalized spacial score (nSPS) is 19.0. The van der Waals surface area contributed by atoms with Gasteiger partial charge >= 0.3 is 0 Å². The molecule has 0 aliphatic carbocycles. The molecule has 4 rings (SSSR count). The molecule has 2 saturated heterocycles. The molecule has 0 aromatic carbocycles. The number of hydrogen-bond acceptors (Lipinski definition) is 7. The number of aromatic nitrogens is 3. The van der Waals surface area contributed by atoms with Gasteiger partial charge in [-0.15, -0.1) is 0 Å². The first-order valence-corrected chi connectivity index (χ1v) is 9.32. The maximum absolute atomic E-state index is 5.44. The lowest BCUT2D eigenvalue weighted by Gasteiger charge is -2.36. The van der Waals surface area contributed by atoms with E-state index >= 15 is 0 Å². The Kier molecular flexibility index (Phi) is 5.26. The van der Waals surface area contributed by atoms with Crippen LogP contribution in [0.15, 0.2) is 30.6 Å². The lowest BCUT2D eigenvalue weighted by atomic mass is 10.2. The molecule has 0 spiro atoms. The van der Waals surface area contributed by atoms with Crippen LogP contribution in [0.4, 0.5) is 11.8 Å². The number of nitrogens with zero attached hydrogens (tertiary/aromatic N) is 6. The Labute approximate surface area is 154 Å². The Morgan fingerprint density at radius 1 is 1.00 bits per heavy atom. The third-order valence-electron chi connectivity index (χ3n) is 4.95. The fraction of sp³-hybridized carbons (Fsp3) is 0.526. The number of rotatable bonds is 4. The van der Waals surface area contributed by atoms with Crippen LogP contribution in [-0.2, 0) is 11.3 Å². The third-order valence-corrected chi connectivity index (χ3v) is 4.95. The molecule has 0 radical (unpaired) electrons. The van der Waals surface area contributed by atoms with Crippen LogP contribution in [0.2, 0.25) is 0 Å². The molecular formula is C19H26N6O. The van der Waals surface area contributed by atoms with Crippen molar-refractivity contribution >= 4 is 11.8 Å². The van der Waals surface area contributed by atoms with E-state index in [1.165, 1.54) is 5.56 Å². The van der Waals surface area contributed by atoms with E-state index < -0.39 is 0 Å². The van der Waals surface area contributed by atoms with Crippen LogP contribution >= 0.6 is 0 Å². The van der Waals surface area contributed by atoms with E-state index in [2.05, 4.69) is 36.8 Å². The molecule has 2 aromatic rings. The van der Waals surface area contributed by atoms with Gasteiger partial charge in [-0.3, -0.25) is 9.88 Å². The molecule has 2 aliphatic heterocycles. The van der Waals surface area contributed by atoms with Crippen LogP contribution in [-0.4, -0.2) is 72.3 Å². The fourth-order valence-electron chi connectivity index (χ4n) is 3.49. The van der Waals surface area contributed by atoms with Gasteiger partial charge in [0.2, 0.25) is 5.95 Å². The minimum absolute atomic E-state index is 0.750. The molecule has 2 aliphatic rings. The molecule has 0 unspecified atom stereocenters. The summed E-state index contributed by atoms with van der Waals surface area (Å²) in [5.41, 5.74) is 2.29. The van der Waals surface area contributed by atoms with E-state index in [1.807, 2.05) is 25.4 Å². The summed E-state index contributed by atoms with van der Waals surface area (Å²) < 4.78 is 5.44. The summed E-state index contributed by atoms with van der Waals surface area (Å²) in [7, 11) is 0. The van der Waals surface area contributed by atoms with E-state index in [4.69, 9.17) is 9.72 Å². The van der Waals surface area contributed by atoms with Gasteiger partial charge in [0.1, 0.15) is 5.82 Å². The van der Waals surface area contributed by atoms with Crippen molar-refractivity contribution in [2.24, 2.45) is 0 Å². The third kappa shape index (κ3) is 4.11. The molecule has 7 heteroatoms. The van der Waals surface area contributed by atoms with E-state index in [-0.39, 0.29) is 0 Å². The SMILES string of the molecule is Cc1cc(N2CCN(Cc3cccnc3)CC2)nc(N2CCOCC2)n1. The summed E-state index contributed by atoms with van der Waals surface area (Å²) in [5, 5.41) is 0. The first kappa shape index (κ1) is 17.2. The number of pyridine rings is 1. The Morgan fingerprint density at radius 2 is 1.81 bits per heavy atom. The second kappa shape index (κ2) is 7.97. The Balaban J connectivity index is 1.40. The predicted molar refractivity (Wildman–Crippen MR) is 102 cm³/mol. The van der Waals surface area contributed by atoms with Crippen molar-refractivity contribution < 1.29 is 4.74 Å². The van der Waals surface area contributed by atoms with Crippen molar-refractivity contribution in [3.63, 3.8) is 0 Å². The van der Waals surface area contributed by atoms with Crippen molar-refractivity contribution in [1.82, 2.24) is 19.9 Å². The van der Waals surface area contributed by atoms with Crippen molar-refractivity contribution in [3.05, 3.63) is 41.9 Å². The van der Waals surface area contributed by atoms with Crippen LogP contribution in [0.25, 0.3) is 0 Å². The molecule has 0 atom stereocenters. The summed E-state index contributed by atoms with van der Waals surface area (Å²) in [6, 6.07) is 6.24. The summed E-state index contributed by atoms with van der Waals surface area (Å²) in [5.74, 6) is 1.88. The standard InChI is InChI=1S/C19H26N6O/c1-16-13-18(22-19(21-16)25-9-11-26-12-10-25)24-7-5-23(6-8-24)15-17-3-2-4-20-14-17/h2-4,13-14H,5-12,15H2,1H3. The summed E-state index contributed by atoms with van der Waals surface area (Å²) >= 11 is 0. The minimum atomic E-state index is 0.750. The molecule has 4 heterocycles. The molecule has 0 N–H and O–H groups in total. The van der Waals surface area contributed by atoms with Gasteiger partial charge in [0, 0.05) is 70.0 Å². The summed E-state index contributed by atoms with van der Waals surface area (Å²) in [4.78, 5) is 20.8. The van der Waals surface area contributed by atoms with Crippen LogP contribution in [0.3, 0.4) is 0 Å². The molecule has 0 bridgehead atoms. The Hall–Kier alpha value is -2.25. The largest absolute Gasteiger partial charge is 0.378 e. The minimum Gasteiger partial charge on any atom is -0.378 e. The zero-order valence-electron chi connectivity index (χ0n) is 15.3. The van der Waals surface area contributed by atoms with Gasteiger partial charge in [-0.25, -0.2) is 4.98 Å². The molecule has 7 nitrogen and oxygen atoms in total. The number of ether oxygens (including phenoxy) is 1. The quantitative estimate of drug-likeness (QED) is 0.821. The van der Waals surface area contributed by atoms with E-state index in [0.717, 1.165) is 76.5 Å². The fourth-order valence-corrected chi connectivity index (χ4v) is 3.49. The number of aryl methyl sites for hydroxylation is 1. The maximum Gasteiger partial charge on any atom is 0.227 e. The van der Waals surface area contributed by atoms with Crippen LogP contribution in [0, 0.1) is 6.92 Å². The average molecular weight is 354 g/mol. The van der Waals surface area contributed by atoms with Crippen LogP contribution in [0.5, 0.6) is 0 Å². The second-order valence-electron chi connectivity index (χ2n) is 6.89. The molecule has 2 aromatic heterocycles. The lowest BCUT2D eigenvalue weighted by molar-refractivity contribution is 0.122. The molecule has 0 amide bonds. The monoisotopic (exact) mass is 354 g/mol. The number of piperazine rings is 1. The topological polar surface area (TPSA) is 57.6 Å². The summed E-state index contributed by atoms with van der Waals surface area (Å²) in [6.45, 7) is 10.3. The first-order chi connectivity index (χ1) is 12.8. The molecule has 0 saturated carbocycles. The molecule has 26 heavy (non-hydrogen) atoms. The highest BCUT2D eigenvalue weighted by molar-refractivity contribution is 5.46. The smallest absolute Gasteiger partial charge is 0.227 e. The molecular weight excluding hydrogens is 328 g/mol. The number of hydrogen-bond donors (Lipinski definition) is 0. The van der Waals surface area contributed by atoms with Crippen molar-refractivity contribution in [1.29, 1.82) is 0 Å². The highest BCUT2D eigenvalue weighted by atomic mass is 16.5.